The third-order valence-electron chi connectivity index (χ3n) is 2.80. The van der Waals surface area contributed by atoms with Crippen LogP contribution >= 0.6 is 0 Å². The molecule has 2 aromatic carbocycles. The maximum Gasteiger partial charge on any atom is 0.340 e. The highest BCUT2D eigenvalue weighted by Gasteiger charge is 2.12. The summed E-state index contributed by atoms with van der Waals surface area (Å²) in [6.45, 7) is 3.13. The predicted octanol–water partition coefficient (Wildman–Crippen LogP) is 2.62. The Morgan fingerprint density at radius 2 is 1.84 bits per heavy atom. The van der Waals surface area contributed by atoms with E-state index in [2.05, 4.69) is 0 Å². The summed E-state index contributed by atoms with van der Waals surface area (Å²) in [6, 6.07) is 11.3. The second kappa shape index (κ2) is 6.20. The second-order valence-corrected chi connectivity index (χ2v) is 4.12. The normalized spacial score (nSPS) is 10.6. The first-order valence-corrected chi connectivity index (χ1v) is 6.25. The monoisotopic (exact) mass is 259 g/mol. The van der Waals surface area contributed by atoms with Crippen molar-refractivity contribution in [3.8, 4) is 0 Å². The summed E-state index contributed by atoms with van der Waals surface area (Å²) in [7, 11) is 0. The Kier molecular flexibility index (Phi) is 4.36. The first kappa shape index (κ1) is 13.4. The number of carbonyl (C=O) groups is 1. The number of hydrogen-bond donors (Lipinski definition) is 1. The van der Waals surface area contributed by atoms with Crippen molar-refractivity contribution in [2.45, 2.75) is 6.92 Å². The second-order valence-electron chi connectivity index (χ2n) is 4.12. The van der Waals surface area contributed by atoms with Gasteiger partial charge in [-0.2, -0.15) is 0 Å². The number of nitrogen functional groups attached to an aromatic ring is 1. The van der Waals surface area contributed by atoms with Gasteiger partial charge in [0.05, 0.1) is 12.2 Å². The highest BCUT2D eigenvalue weighted by Crippen LogP contribution is 2.22. The molecule has 2 rings (SSSR count). The van der Waals surface area contributed by atoms with Gasteiger partial charge in [0.1, 0.15) is 6.61 Å². The van der Waals surface area contributed by atoms with Crippen molar-refractivity contribution in [2.24, 2.45) is 0 Å². The van der Waals surface area contributed by atoms with E-state index >= 15 is 0 Å². The van der Waals surface area contributed by atoms with Gasteiger partial charge in [0.2, 0.25) is 0 Å². The molecule has 0 aliphatic heterocycles. The highest BCUT2D eigenvalue weighted by molar-refractivity contribution is 6.01. The van der Waals surface area contributed by atoms with Crippen molar-refractivity contribution in [3.63, 3.8) is 0 Å². The fourth-order valence-corrected chi connectivity index (χ4v) is 1.85. The lowest BCUT2D eigenvalue weighted by molar-refractivity contribution is 0.0336. The molecule has 0 amide bonds. The predicted molar refractivity (Wildman–Crippen MR) is 75.1 cm³/mol. The van der Waals surface area contributed by atoms with E-state index in [-0.39, 0.29) is 6.61 Å². The Morgan fingerprint density at radius 3 is 2.53 bits per heavy atom. The summed E-state index contributed by atoms with van der Waals surface area (Å²) >= 11 is 0. The van der Waals surface area contributed by atoms with Gasteiger partial charge < -0.3 is 15.2 Å². The lowest BCUT2D eigenvalue weighted by Crippen LogP contribution is -2.12. The molecule has 4 nitrogen and oxygen atoms in total. The summed E-state index contributed by atoms with van der Waals surface area (Å²) in [5.41, 5.74) is 6.71. The fourth-order valence-electron chi connectivity index (χ4n) is 1.85. The molecule has 19 heavy (non-hydrogen) atoms. The molecule has 0 radical (unpaired) electrons. The summed E-state index contributed by atoms with van der Waals surface area (Å²) in [5.74, 6) is -0.414. The van der Waals surface area contributed by atoms with Crippen molar-refractivity contribution in [1.82, 2.24) is 0 Å². The van der Waals surface area contributed by atoms with Gasteiger partial charge in [0, 0.05) is 12.3 Å². The molecule has 100 valence electrons. The molecule has 0 bridgehead atoms. The Hall–Kier alpha value is -2.07. The molecule has 0 fully saturated rings. The lowest BCUT2D eigenvalue weighted by Gasteiger charge is -2.08. The molecular formula is C15H17NO3. The van der Waals surface area contributed by atoms with E-state index in [0.717, 1.165) is 10.8 Å². The van der Waals surface area contributed by atoms with Crippen molar-refractivity contribution in [1.29, 1.82) is 0 Å². The van der Waals surface area contributed by atoms with Crippen LogP contribution in [-0.4, -0.2) is 25.8 Å². The Balaban J connectivity index is 2.15. The third-order valence-corrected chi connectivity index (χ3v) is 2.80. The lowest BCUT2D eigenvalue weighted by atomic mass is 10.1. The topological polar surface area (TPSA) is 61.5 Å². The summed E-state index contributed by atoms with van der Waals surface area (Å²) in [4.78, 5) is 11.9. The number of fused-ring (bicyclic) bond motifs is 1. The molecule has 0 aromatic heterocycles. The first-order valence-electron chi connectivity index (χ1n) is 6.25. The Morgan fingerprint density at radius 1 is 1.16 bits per heavy atom. The number of nitrogens with two attached hydrogens (primary N) is 1. The fraction of sp³-hybridized carbons (Fsp3) is 0.267. The first-order chi connectivity index (χ1) is 9.22. The maximum atomic E-state index is 11.9. The largest absolute Gasteiger partial charge is 0.460 e. The standard InChI is InChI=1S/C15H17NO3/c1-2-18-7-8-19-15(17)13-9-11-5-3-4-6-12(11)10-14(13)16/h3-6,9-10H,2,7-8,16H2,1H3. The number of benzene rings is 2. The van der Waals surface area contributed by atoms with Crippen LogP contribution in [0.4, 0.5) is 5.69 Å². The molecule has 0 unspecified atom stereocenters. The maximum absolute atomic E-state index is 11.9. The summed E-state index contributed by atoms with van der Waals surface area (Å²) < 4.78 is 10.2. The summed E-state index contributed by atoms with van der Waals surface area (Å²) in [5, 5.41) is 1.97. The van der Waals surface area contributed by atoms with Crippen LogP contribution in [0.3, 0.4) is 0 Å². The zero-order valence-corrected chi connectivity index (χ0v) is 10.9. The number of esters is 1. The molecule has 2 N–H and O–H groups in total. The van der Waals surface area contributed by atoms with Crippen LogP contribution in [0.1, 0.15) is 17.3 Å². The minimum Gasteiger partial charge on any atom is -0.460 e. The number of rotatable bonds is 5. The number of carbonyl (C=O) groups excluding carboxylic acids is 1. The van der Waals surface area contributed by atoms with Crippen molar-refractivity contribution in [2.75, 3.05) is 25.6 Å². The van der Waals surface area contributed by atoms with Gasteiger partial charge in [0.15, 0.2) is 0 Å². The minimum absolute atomic E-state index is 0.235. The molecule has 0 aliphatic rings. The molecule has 0 saturated heterocycles. The van der Waals surface area contributed by atoms with E-state index in [1.165, 1.54) is 0 Å². The average molecular weight is 259 g/mol. The molecule has 0 atom stereocenters. The van der Waals surface area contributed by atoms with Crippen LogP contribution < -0.4 is 5.73 Å². The van der Waals surface area contributed by atoms with Gasteiger partial charge in [-0.25, -0.2) is 4.79 Å². The van der Waals surface area contributed by atoms with E-state index in [1.807, 2.05) is 31.2 Å². The van der Waals surface area contributed by atoms with E-state index in [0.29, 0.717) is 24.5 Å². The molecular weight excluding hydrogens is 242 g/mol. The number of anilines is 1. The Labute approximate surface area is 112 Å². The molecule has 0 saturated carbocycles. The smallest absolute Gasteiger partial charge is 0.340 e. The molecule has 2 aromatic rings. The van der Waals surface area contributed by atoms with Crippen LogP contribution in [0.2, 0.25) is 0 Å². The van der Waals surface area contributed by atoms with Gasteiger partial charge in [0.25, 0.3) is 0 Å². The number of hydrogen-bond acceptors (Lipinski definition) is 4. The quantitative estimate of drug-likeness (QED) is 0.509. The Bertz CT molecular complexity index is 581. The SMILES string of the molecule is CCOCCOC(=O)c1cc2ccccc2cc1N. The van der Waals surface area contributed by atoms with Crippen LogP contribution in [0.15, 0.2) is 36.4 Å². The van der Waals surface area contributed by atoms with Crippen LogP contribution in [0.25, 0.3) is 10.8 Å². The van der Waals surface area contributed by atoms with Crippen LogP contribution in [0, 0.1) is 0 Å². The minimum atomic E-state index is -0.414. The molecule has 4 heteroatoms. The summed E-state index contributed by atoms with van der Waals surface area (Å²) in [6.07, 6.45) is 0. The van der Waals surface area contributed by atoms with Crippen molar-refractivity contribution < 1.29 is 14.3 Å². The zero-order valence-electron chi connectivity index (χ0n) is 10.9. The van der Waals surface area contributed by atoms with Gasteiger partial charge >= 0.3 is 5.97 Å². The number of ether oxygens (including phenoxy) is 2. The molecule has 0 aliphatic carbocycles. The van der Waals surface area contributed by atoms with E-state index in [1.54, 1.807) is 12.1 Å². The van der Waals surface area contributed by atoms with Gasteiger partial charge in [-0.15, -0.1) is 0 Å². The van der Waals surface area contributed by atoms with E-state index < -0.39 is 5.97 Å². The highest BCUT2D eigenvalue weighted by atomic mass is 16.6. The average Bonchev–Trinajstić information content (AvgIpc) is 2.42. The molecule has 0 heterocycles. The van der Waals surface area contributed by atoms with E-state index in [4.69, 9.17) is 15.2 Å². The third kappa shape index (κ3) is 3.23. The molecule has 0 spiro atoms. The van der Waals surface area contributed by atoms with Gasteiger partial charge in [-0.05, 0) is 29.8 Å². The van der Waals surface area contributed by atoms with Crippen molar-refractivity contribution in [3.05, 3.63) is 42.0 Å². The van der Waals surface area contributed by atoms with Crippen LogP contribution in [0.5, 0.6) is 0 Å². The van der Waals surface area contributed by atoms with Crippen LogP contribution in [-0.2, 0) is 9.47 Å². The van der Waals surface area contributed by atoms with Gasteiger partial charge in [-0.3, -0.25) is 0 Å². The zero-order chi connectivity index (χ0) is 13.7. The van der Waals surface area contributed by atoms with Gasteiger partial charge in [-0.1, -0.05) is 24.3 Å². The van der Waals surface area contributed by atoms with E-state index in [9.17, 15) is 4.79 Å². The van der Waals surface area contributed by atoms with Crippen molar-refractivity contribution >= 4 is 22.4 Å².